The topological polar surface area (TPSA) is 46.2 Å². The third-order valence-corrected chi connectivity index (χ3v) is 5.39. The van der Waals surface area contributed by atoms with E-state index >= 15 is 0 Å². The van der Waals surface area contributed by atoms with Gasteiger partial charge in [-0.15, -0.1) is 0 Å². The predicted octanol–water partition coefficient (Wildman–Crippen LogP) is 4.08. The molecule has 0 bridgehead atoms. The van der Waals surface area contributed by atoms with E-state index in [0.717, 1.165) is 12.1 Å². The molecule has 0 radical (unpaired) electrons. The van der Waals surface area contributed by atoms with Crippen molar-refractivity contribution in [2.24, 2.45) is 0 Å². The summed E-state index contributed by atoms with van der Waals surface area (Å²) in [5.74, 6) is -1.98. The summed E-state index contributed by atoms with van der Waals surface area (Å²) in [4.78, 5) is 0.135. The van der Waals surface area contributed by atoms with Gasteiger partial charge in [-0.3, -0.25) is 0 Å². The second-order valence-corrected chi connectivity index (χ2v) is 7.52. The fourth-order valence-corrected chi connectivity index (χ4v) is 4.02. The summed E-state index contributed by atoms with van der Waals surface area (Å²) in [6.45, 7) is 3.25. The Labute approximate surface area is 136 Å². The highest BCUT2D eigenvalue weighted by atomic mass is 79.9. The number of benzene rings is 2. The van der Waals surface area contributed by atoms with E-state index in [4.69, 9.17) is 0 Å². The van der Waals surface area contributed by atoms with Crippen molar-refractivity contribution in [1.82, 2.24) is 4.72 Å². The van der Waals surface area contributed by atoms with Crippen molar-refractivity contribution in [3.63, 3.8) is 0 Å². The Morgan fingerprint density at radius 2 is 1.77 bits per heavy atom. The van der Waals surface area contributed by atoms with Gasteiger partial charge in [0.15, 0.2) is 11.6 Å². The zero-order valence-corrected chi connectivity index (χ0v) is 14.3. The van der Waals surface area contributed by atoms with Crippen molar-refractivity contribution in [2.45, 2.75) is 24.8 Å². The smallest absolute Gasteiger partial charge is 0.207 e. The Kier molecular flexibility index (Phi) is 4.99. The number of nitrogens with one attached hydrogen (secondary N) is 1. The van der Waals surface area contributed by atoms with Crippen LogP contribution in [0.3, 0.4) is 0 Å². The molecule has 0 heterocycles. The van der Waals surface area contributed by atoms with Gasteiger partial charge in [-0.05, 0) is 49.2 Å². The third kappa shape index (κ3) is 3.71. The van der Waals surface area contributed by atoms with Gasteiger partial charge in [-0.2, -0.15) is 0 Å². The van der Waals surface area contributed by atoms with E-state index in [2.05, 4.69) is 20.7 Å². The molecule has 1 unspecified atom stereocenters. The molecule has 0 saturated carbocycles. The van der Waals surface area contributed by atoms with Gasteiger partial charge in [-0.25, -0.2) is 21.9 Å². The molecule has 2 aromatic carbocycles. The number of halogens is 3. The molecule has 2 rings (SSSR count). The maximum Gasteiger partial charge on any atom is 0.241 e. The molecule has 0 aromatic heterocycles. The monoisotopic (exact) mass is 389 g/mol. The zero-order chi connectivity index (χ0) is 16.5. The highest BCUT2D eigenvalue weighted by Crippen LogP contribution is 2.23. The van der Waals surface area contributed by atoms with Gasteiger partial charge in [0.2, 0.25) is 10.0 Å². The Morgan fingerprint density at radius 3 is 2.41 bits per heavy atom. The fourth-order valence-electron chi connectivity index (χ4n) is 2.01. The van der Waals surface area contributed by atoms with Crippen LogP contribution in [-0.2, 0) is 10.0 Å². The molecule has 0 fully saturated rings. The quantitative estimate of drug-likeness (QED) is 0.856. The first-order chi connectivity index (χ1) is 10.2. The van der Waals surface area contributed by atoms with E-state index in [9.17, 15) is 17.2 Å². The van der Waals surface area contributed by atoms with Crippen LogP contribution in [-0.4, -0.2) is 8.42 Å². The normalized spacial score (nSPS) is 13.1. The molecular weight excluding hydrogens is 376 g/mol. The summed E-state index contributed by atoms with van der Waals surface area (Å²) in [5.41, 5.74) is 0.934. The number of sulfonamides is 1. The van der Waals surface area contributed by atoms with Crippen molar-refractivity contribution in [2.75, 3.05) is 0 Å². The Bertz CT molecular complexity index is 809. The lowest BCUT2D eigenvalue weighted by molar-refractivity contribution is 0.504. The van der Waals surface area contributed by atoms with Crippen molar-refractivity contribution in [1.29, 1.82) is 0 Å². The molecule has 0 aliphatic heterocycles. The number of rotatable bonds is 4. The molecule has 22 heavy (non-hydrogen) atoms. The van der Waals surface area contributed by atoms with Gasteiger partial charge >= 0.3 is 0 Å². The Hall–Kier alpha value is -1.31. The minimum Gasteiger partial charge on any atom is -0.207 e. The lowest BCUT2D eigenvalue weighted by Gasteiger charge is -2.16. The van der Waals surface area contributed by atoms with Crippen molar-refractivity contribution >= 4 is 26.0 Å². The number of hydrogen-bond acceptors (Lipinski definition) is 2. The van der Waals surface area contributed by atoms with Crippen LogP contribution in [0.15, 0.2) is 45.8 Å². The Morgan fingerprint density at radius 1 is 1.09 bits per heavy atom. The second-order valence-electron chi connectivity index (χ2n) is 4.93. The minimum absolute atomic E-state index is 0.135. The molecule has 0 saturated heterocycles. The lowest BCUT2D eigenvalue weighted by Crippen LogP contribution is -2.27. The highest BCUT2D eigenvalue weighted by molar-refractivity contribution is 9.10. The molecule has 0 aliphatic carbocycles. The summed E-state index contributed by atoms with van der Waals surface area (Å²) in [6, 6.07) is 7.53. The summed E-state index contributed by atoms with van der Waals surface area (Å²) in [7, 11) is -3.78. The first-order valence-corrected chi connectivity index (χ1v) is 8.72. The molecule has 0 spiro atoms. The van der Waals surface area contributed by atoms with Gasteiger partial charge in [-0.1, -0.05) is 28.1 Å². The SMILES string of the molecule is Cc1ccc(Br)cc1S(=O)(=O)NC(C)c1ccc(F)c(F)c1. The molecule has 2 aromatic rings. The average Bonchev–Trinajstić information content (AvgIpc) is 2.43. The zero-order valence-electron chi connectivity index (χ0n) is 11.9. The maximum absolute atomic E-state index is 13.3. The molecule has 1 atom stereocenters. The van der Waals surface area contributed by atoms with E-state index in [1.54, 1.807) is 26.0 Å². The molecule has 0 amide bonds. The second kappa shape index (κ2) is 6.44. The first kappa shape index (κ1) is 17.1. The minimum atomic E-state index is -3.78. The Balaban J connectivity index is 2.31. The van der Waals surface area contributed by atoms with Gasteiger partial charge in [0.25, 0.3) is 0 Å². The molecule has 118 valence electrons. The average molecular weight is 390 g/mol. The van der Waals surface area contributed by atoms with E-state index in [1.807, 2.05) is 0 Å². The molecule has 0 aliphatic rings. The van der Waals surface area contributed by atoms with Crippen LogP contribution in [0.2, 0.25) is 0 Å². The standard InChI is InChI=1S/C15H14BrF2NO2S/c1-9-3-5-12(16)8-15(9)22(20,21)19-10(2)11-4-6-13(17)14(18)7-11/h3-8,10,19H,1-2H3. The van der Waals surface area contributed by atoms with Gasteiger partial charge in [0.05, 0.1) is 4.90 Å². The van der Waals surface area contributed by atoms with E-state index in [1.165, 1.54) is 12.1 Å². The summed E-state index contributed by atoms with van der Waals surface area (Å²) in [6.07, 6.45) is 0. The highest BCUT2D eigenvalue weighted by Gasteiger charge is 2.21. The molecule has 7 heteroatoms. The largest absolute Gasteiger partial charge is 0.241 e. The third-order valence-electron chi connectivity index (χ3n) is 3.22. The lowest BCUT2D eigenvalue weighted by atomic mass is 10.1. The van der Waals surface area contributed by atoms with Crippen molar-refractivity contribution in [3.8, 4) is 0 Å². The molecular formula is C15H14BrF2NO2S. The van der Waals surface area contributed by atoms with Gasteiger partial charge < -0.3 is 0 Å². The van der Waals surface area contributed by atoms with Crippen LogP contribution in [0.1, 0.15) is 24.1 Å². The number of aryl methyl sites for hydroxylation is 1. The van der Waals surface area contributed by atoms with Crippen molar-refractivity contribution in [3.05, 3.63) is 63.6 Å². The first-order valence-electron chi connectivity index (χ1n) is 6.44. The van der Waals surface area contributed by atoms with Crippen LogP contribution < -0.4 is 4.72 Å². The van der Waals surface area contributed by atoms with Crippen LogP contribution in [0, 0.1) is 18.6 Å². The maximum atomic E-state index is 13.3. The molecule has 1 N–H and O–H groups in total. The predicted molar refractivity (Wildman–Crippen MR) is 84.0 cm³/mol. The number of hydrogen-bond donors (Lipinski definition) is 1. The van der Waals surface area contributed by atoms with Crippen LogP contribution >= 0.6 is 15.9 Å². The summed E-state index contributed by atoms with van der Waals surface area (Å²) in [5, 5.41) is 0. The summed E-state index contributed by atoms with van der Waals surface area (Å²) >= 11 is 3.23. The van der Waals surface area contributed by atoms with Crippen LogP contribution in [0.25, 0.3) is 0 Å². The van der Waals surface area contributed by atoms with Crippen molar-refractivity contribution < 1.29 is 17.2 Å². The van der Waals surface area contributed by atoms with Gasteiger partial charge in [0, 0.05) is 10.5 Å². The van der Waals surface area contributed by atoms with Crippen LogP contribution in [0.5, 0.6) is 0 Å². The van der Waals surface area contributed by atoms with Crippen LogP contribution in [0.4, 0.5) is 8.78 Å². The fraction of sp³-hybridized carbons (Fsp3) is 0.200. The van der Waals surface area contributed by atoms with Gasteiger partial charge in [0.1, 0.15) is 0 Å². The van der Waals surface area contributed by atoms with E-state index in [-0.39, 0.29) is 4.90 Å². The van der Waals surface area contributed by atoms with E-state index in [0.29, 0.717) is 15.6 Å². The van der Waals surface area contributed by atoms with E-state index < -0.39 is 27.7 Å². The summed E-state index contributed by atoms with van der Waals surface area (Å²) < 4.78 is 54.2. The molecule has 3 nitrogen and oxygen atoms in total.